The summed E-state index contributed by atoms with van der Waals surface area (Å²) < 4.78 is 12.2. The van der Waals surface area contributed by atoms with Gasteiger partial charge in [0.15, 0.2) is 6.29 Å². The number of rotatable bonds is 3. The molecule has 0 saturated carbocycles. The summed E-state index contributed by atoms with van der Waals surface area (Å²) in [5, 5.41) is 0. The van der Waals surface area contributed by atoms with Crippen LogP contribution in [-0.2, 0) is 9.47 Å². The van der Waals surface area contributed by atoms with E-state index in [1.54, 1.807) is 0 Å². The van der Waals surface area contributed by atoms with Gasteiger partial charge in [-0.1, -0.05) is 45.8 Å². The number of allylic oxidation sites excluding steroid dienone is 2. The maximum Gasteiger partial charge on any atom is 0.160 e. The first-order valence-electron chi connectivity index (χ1n) is 7.86. The maximum absolute atomic E-state index is 6.10. The van der Waals surface area contributed by atoms with Gasteiger partial charge >= 0.3 is 0 Å². The van der Waals surface area contributed by atoms with Gasteiger partial charge in [-0.3, -0.25) is 0 Å². The Labute approximate surface area is 118 Å². The van der Waals surface area contributed by atoms with E-state index >= 15 is 0 Å². The zero-order chi connectivity index (χ0) is 14.0. The minimum absolute atomic E-state index is 0.00558. The van der Waals surface area contributed by atoms with Crippen molar-refractivity contribution in [2.45, 2.75) is 60.2 Å². The molecule has 0 bridgehead atoms. The molecule has 0 aromatic heterocycles. The summed E-state index contributed by atoms with van der Waals surface area (Å²) in [6.07, 6.45) is 5.93. The van der Waals surface area contributed by atoms with E-state index in [4.69, 9.17) is 9.47 Å². The lowest BCUT2D eigenvalue weighted by atomic mass is 9.74. The summed E-state index contributed by atoms with van der Waals surface area (Å²) in [5.41, 5.74) is 1.71. The van der Waals surface area contributed by atoms with Crippen LogP contribution in [0.5, 0.6) is 0 Å². The number of hydrogen-bond acceptors (Lipinski definition) is 2. The Morgan fingerprint density at radius 3 is 2.47 bits per heavy atom. The molecule has 3 unspecified atom stereocenters. The average molecular weight is 266 g/mol. The Morgan fingerprint density at radius 2 is 1.89 bits per heavy atom. The zero-order valence-electron chi connectivity index (χ0n) is 13.2. The summed E-state index contributed by atoms with van der Waals surface area (Å²) in [6, 6.07) is 0. The third-order valence-corrected chi connectivity index (χ3v) is 5.01. The highest BCUT2D eigenvalue weighted by Gasteiger charge is 2.39. The lowest BCUT2D eigenvalue weighted by Crippen LogP contribution is -2.45. The fourth-order valence-electron chi connectivity index (χ4n) is 3.61. The topological polar surface area (TPSA) is 18.5 Å². The molecule has 0 spiro atoms. The Hall–Kier alpha value is -0.340. The lowest BCUT2D eigenvalue weighted by Gasteiger charge is -2.43. The van der Waals surface area contributed by atoms with Gasteiger partial charge < -0.3 is 9.47 Å². The van der Waals surface area contributed by atoms with Gasteiger partial charge in [0.25, 0.3) is 0 Å². The van der Waals surface area contributed by atoms with Gasteiger partial charge in [-0.15, -0.1) is 0 Å². The first-order valence-corrected chi connectivity index (χ1v) is 7.86. The lowest BCUT2D eigenvalue weighted by molar-refractivity contribution is -0.255. The third kappa shape index (κ3) is 3.41. The SMILES string of the molecule is CCCC1(C)COC(C2CC(C)=CC(C)C2C)OC1. The summed E-state index contributed by atoms with van der Waals surface area (Å²) in [5.74, 6) is 1.80. The van der Waals surface area contributed by atoms with Crippen molar-refractivity contribution in [3.8, 4) is 0 Å². The molecule has 2 nitrogen and oxygen atoms in total. The molecule has 0 aromatic rings. The van der Waals surface area contributed by atoms with Crippen molar-refractivity contribution in [1.82, 2.24) is 0 Å². The first-order chi connectivity index (χ1) is 8.95. The highest BCUT2D eigenvalue weighted by molar-refractivity contribution is 5.08. The van der Waals surface area contributed by atoms with Crippen molar-refractivity contribution < 1.29 is 9.47 Å². The van der Waals surface area contributed by atoms with Crippen molar-refractivity contribution in [3.05, 3.63) is 11.6 Å². The molecule has 2 aliphatic rings. The standard InChI is InChI=1S/C17H30O2/c1-6-7-17(5)10-18-16(19-11-17)15-9-12(2)8-13(3)14(15)4/h8,13-16H,6-7,9-11H2,1-5H3. The van der Waals surface area contributed by atoms with E-state index in [0.29, 0.717) is 17.8 Å². The van der Waals surface area contributed by atoms with Crippen LogP contribution in [0.1, 0.15) is 53.9 Å². The Kier molecular flexibility index (Phi) is 4.73. The molecule has 0 aromatic carbocycles. The first kappa shape index (κ1) is 15.1. The van der Waals surface area contributed by atoms with Gasteiger partial charge in [0.05, 0.1) is 13.2 Å². The van der Waals surface area contributed by atoms with Crippen LogP contribution in [0.25, 0.3) is 0 Å². The van der Waals surface area contributed by atoms with Crippen molar-refractivity contribution in [2.75, 3.05) is 13.2 Å². The van der Waals surface area contributed by atoms with Crippen LogP contribution in [0, 0.1) is 23.2 Å². The number of hydrogen-bond donors (Lipinski definition) is 0. The van der Waals surface area contributed by atoms with Gasteiger partial charge in [0, 0.05) is 11.3 Å². The van der Waals surface area contributed by atoms with Gasteiger partial charge in [0.1, 0.15) is 0 Å². The third-order valence-electron chi connectivity index (χ3n) is 5.01. The fourth-order valence-corrected chi connectivity index (χ4v) is 3.61. The van der Waals surface area contributed by atoms with E-state index in [9.17, 15) is 0 Å². The molecular formula is C17H30O2. The molecule has 1 aliphatic heterocycles. The minimum atomic E-state index is 0.00558. The van der Waals surface area contributed by atoms with Crippen LogP contribution in [0.2, 0.25) is 0 Å². The molecule has 0 radical (unpaired) electrons. The highest BCUT2D eigenvalue weighted by atomic mass is 16.7. The van der Waals surface area contributed by atoms with E-state index in [0.717, 1.165) is 19.6 Å². The van der Waals surface area contributed by atoms with Crippen LogP contribution < -0.4 is 0 Å². The Morgan fingerprint density at radius 1 is 1.26 bits per heavy atom. The van der Waals surface area contributed by atoms with E-state index < -0.39 is 0 Å². The van der Waals surface area contributed by atoms with Gasteiger partial charge in [0.2, 0.25) is 0 Å². The maximum atomic E-state index is 6.10. The average Bonchev–Trinajstić information content (AvgIpc) is 2.35. The minimum Gasteiger partial charge on any atom is -0.352 e. The summed E-state index contributed by atoms with van der Waals surface area (Å²) in [7, 11) is 0. The van der Waals surface area contributed by atoms with Crippen LogP contribution in [-0.4, -0.2) is 19.5 Å². The molecule has 2 rings (SSSR count). The van der Waals surface area contributed by atoms with E-state index in [1.807, 2.05) is 0 Å². The zero-order valence-corrected chi connectivity index (χ0v) is 13.2. The number of ether oxygens (including phenoxy) is 2. The summed E-state index contributed by atoms with van der Waals surface area (Å²) in [4.78, 5) is 0. The molecule has 1 aliphatic carbocycles. The van der Waals surface area contributed by atoms with Gasteiger partial charge in [-0.25, -0.2) is 0 Å². The Bertz CT molecular complexity index is 326. The van der Waals surface area contributed by atoms with Crippen LogP contribution in [0.15, 0.2) is 11.6 Å². The molecule has 2 heteroatoms. The molecule has 1 saturated heterocycles. The quantitative estimate of drug-likeness (QED) is 0.705. The molecular weight excluding hydrogens is 236 g/mol. The molecule has 3 atom stereocenters. The molecule has 1 heterocycles. The molecule has 1 fully saturated rings. The van der Waals surface area contributed by atoms with Crippen molar-refractivity contribution >= 4 is 0 Å². The second-order valence-corrected chi connectivity index (χ2v) is 7.15. The fraction of sp³-hybridized carbons (Fsp3) is 0.882. The molecule has 19 heavy (non-hydrogen) atoms. The van der Waals surface area contributed by atoms with Crippen LogP contribution in [0.4, 0.5) is 0 Å². The van der Waals surface area contributed by atoms with E-state index in [2.05, 4.69) is 40.7 Å². The van der Waals surface area contributed by atoms with E-state index in [-0.39, 0.29) is 11.7 Å². The van der Waals surface area contributed by atoms with Crippen molar-refractivity contribution in [2.24, 2.45) is 23.2 Å². The van der Waals surface area contributed by atoms with Gasteiger partial charge in [-0.05, 0) is 31.6 Å². The molecule has 110 valence electrons. The predicted molar refractivity (Wildman–Crippen MR) is 78.9 cm³/mol. The van der Waals surface area contributed by atoms with Crippen LogP contribution >= 0.6 is 0 Å². The second kappa shape index (κ2) is 5.97. The van der Waals surface area contributed by atoms with Crippen LogP contribution in [0.3, 0.4) is 0 Å². The molecule has 0 amide bonds. The van der Waals surface area contributed by atoms with Gasteiger partial charge in [-0.2, -0.15) is 0 Å². The highest BCUT2D eigenvalue weighted by Crippen LogP contribution is 2.40. The molecule has 0 N–H and O–H groups in total. The second-order valence-electron chi connectivity index (χ2n) is 7.15. The Balaban J connectivity index is 1.96. The monoisotopic (exact) mass is 266 g/mol. The largest absolute Gasteiger partial charge is 0.352 e. The predicted octanol–water partition coefficient (Wildman–Crippen LogP) is 4.40. The normalized spacial score (nSPS) is 43.9. The summed E-state index contributed by atoms with van der Waals surface area (Å²) in [6.45, 7) is 13.1. The van der Waals surface area contributed by atoms with E-state index in [1.165, 1.54) is 18.4 Å². The summed E-state index contributed by atoms with van der Waals surface area (Å²) >= 11 is 0. The smallest absolute Gasteiger partial charge is 0.160 e. The van der Waals surface area contributed by atoms with Crippen molar-refractivity contribution in [3.63, 3.8) is 0 Å². The van der Waals surface area contributed by atoms with Crippen molar-refractivity contribution in [1.29, 1.82) is 0 Å².